The van der Waals surface area contributed by atoms with Crippen LogP contribution in [-0.2, 0) is 19.5 Å². The van der Waals surface area contributed by atoms with Crippen molar-refractivity contribution < 1.29 is 17.9 Å². The molecule has 4 rings (SSSR count). The summed E-state index contributed by atoms with van der Waals surface area (Å²) in [5.41, 5.74) is 0.0296. The summed E-state index contributed by atoms with van der Waals surface area (Å²) in [6.07, 6.45) is 7.26. The largest absolute Gasteiger partial charge is 0.381 e. The smallest absolute Gasteiger partial charge is 0.214 e. The van der Waals surface area contributed by atoms with E-state index in [0.29, 0.717) is 6.54 Å². The predicted octanol–water partition coefficient (Wildman–Crippen LogP) is 1.12. The summed E-state index contributed by atoms with van der Waals surface area (Å²) >= 11 is 0. The van der Waals surface area contributed by atoms with Gasteiger partial charge in [-0.3, -0.25) is 0 Å². The molecule has 0 bridgehead atoms. The molecule has 0 aromatic rings. The molecule has 1 atom stereocenters. The molecule has 3 saturated heterocycles. The number of sulfonamides is 1. The van der Waals surface area contributed by atoms with Gasteiger partial charge in [0.1, 0.15) is 0 Å². The highest BCUT2D eigenvalue weighted by Gasteiger charge is 2.47. The summed E-state index contributed by atoms with van der Waals surface area (Å²) in [6, 6.07) is 0. The van der Waals surface area contributed by atoms with E-state index < -0.39 is 10.0 Å². The molecule has 0 radical (unpaired) electrons. The summed E-state index contributed by atoms with van der Waals surface area (Å²) in [5, 5.41) is -0.139. The summed E-state index contributed by atoms with van der Waals surface area (Å²) in [7, 11) is -3.07. The minimum atomic E-state index is -3.07. The van der Waals surface area contributed by atoms with E-state index in [9.17, 15) is 8.42 Å². The van der Waals surface area contributed by atoms with Gasteiger partial charge in [-0.1, -0.05) is 0 Å². The average Bonchev–Trinajstić information content (AvgIpc) is 3.39. The molecule has 1 N–H and O–H groups in total. The molecule has 6 nitrogen and oxygen atoms in total. The zero-order valence-corrected chi connectivity index (χ0v) is 15.2. The lowest BCUT2D eigenvalue weighted by atomic mass is 9.80. The van der Waals surface area contributed by atoms with Crippen LogP contribution in [0.25, 0.3) is 0 Å². The van der Waals surface area contributed by atoms with Crippen molar-refractivity contribution in [3.63, 3.8) is 0 Å². The lowest BCUT2D eigenvalue weighted by Gasteiger charge is -2.52. The molecular weight excluding hydrogens is 328 g/mol. The fraction of sp³-hybridized carbons (Fsp3) is 1.00. The van der Waals surface area contributed by atoms with Crippen molar-refractivity contribution in [2.45, 2.75) is 61.9 Å². The van der Waals surface area contributed by atoms with Crippen LogP contribution in [-0.4, -0.2) is 69.7 Å². The van der Waals surface area contributed by atoms with Crippen LogP contribution >= 0.6 is 0 Å². The Hall–Kier alpha value is -0.210. The second-order valence-corrected chi connectivity index (χ2v) is 10.1. The molecule has 1 spiro atoms. The average molecular weight is 359 g/mol. The number of likely N-dealkylation sites (tertiary alicyclic amines) is 1. The maximum Gasteiger partial charge on any atom is 0.214 e. The van der Waals surface area contributed by atoms with Crippen LogP contribution in [0.3, 0.4) is 0 Å². The fourth-order valence-corrected chi connectivity index (χ4v) is 5.75. The monoisotopic (exact) mass is 358 g/mol. The first-order chi connectivity index (χ1) is 11.5. The first kappa shape index (κ1) is 17.2. The molecule has 138 valence electrons. The lowest BCUT2D eigenvalue weighted by Crippen LogP contribution is -2.59. The van der Waals surface area contributed by atoms with Crippen LogP contribution in [0.5, 0.6) is 0 Å². The molecule has 0 amide bonds. The van der Waals surface area contributed by atoms with E-state index in [-0.39, 0.29) is 17.0 Å². The van der Waals surface area contributed by atoms with E-state index in [4.69, 9.17) is 9.47 Å². The Morgan fingerprint density at radius 3 is 2.38 bits per heavy atom. The molecule has 3 heterocycles. The van der Waals surface area contributed by atoms with Crippen molar-refractivity contribution in [3.05, 3.63) is 0 Å². The molecule has 7 heteroatoms. The Kier molecular flexibility index (Phi) is 4.90. The van der Waals surface area contributed by atoms with Crippen LogP contribution in [0.4, 0.5) is 0 Å². The Balaban J connectivity index is 1.16. The van der Waals surface area contributed by atoms with Gasteiger partial charge in [0, 0.05) is 45.8 Å². The summed E-state index contributed by atoms with van der Waals surface area (Å²) in [6.45, 7) is 5.71. The van der Waals surface area contributed by atoms with E-state index in [1.165, 1.54) is 19.4 Å². The topological polar surface area (TPSA) is 67.9 Å². The third kappa shape index (κ3) is 3.96. The van der Waals surface area contributed by atoms with Crippen molar-refractivity contribution in [2.75, 3.05) is 39.4 Å². The Labute approximate surface area is 145 Å². The quantitative estimate of drug-likeness (QED) is 0.771. The van der Waals surface area contributed by atoms with Gasteiger partial charge < -0.3 is 14.4 Å². The molecule has 0 aromatic carbocycles. The van der Waals surface area contributed by atoms with Crippen LogP contribution in [0, 0.1) is 5.92 Å². The highest BCUT2D eigenvalue weighted by molar-refractivity contribution is 7.90. The Morgan fingerprint density at radius 1 is 1.08 bits per heavy atom. The van der Waals surface area contributed by atoms with Crippen molar-refractivity contribution in [3.8, 4) is 0 Å². The fourth-order valence-electron chi connectivity index (χ4n) is 4.34. The summed E-state index contributed by atoms with van der Waals surface area (Å²) < 4.78 is 38.0. The second-order valence-electron chi connectivity index (χ2n) is 8.08. The SMILES string of the molecule is O=S(=O)(NCC1CC2(CCN(CC3CCOCC3)CC2)O1)C1CC1. The molecule has 4 aliphatic rings. The zero-order chi connectivity index (χ0) is 16.6. The Bertz CT molecular complexity index is 527. The minimum absolute atomic E-state index is 0.0296. The van der Waals surface area contributed by atoms with E-state index in [1.807, 2.05) is 0 Å². The van der Waals surface area contributed by atoms with Gasteiger partial charge in [-0.05, 0) is 44.4 Å². The molecule has 3 aliphatic heterocycles. The Morgan fingerprint density at radius 2 is 1.75 bits per heavy atom. The first-order valence-corrected chi connectivity index (χ1v) is 11.1. The highest BCUT2D eigenvalue weighted by Crippen LogP contribution is 2.41. The normalized spacial score (nSPS) is 31.9. The molecule has 1 saturated carbocycles. The van der Waals surface area contributed by atoms with Gasteiger partial charge in [-0.2, -0.15) is 0 Å². The van der Waals surface area contributed by atoms with Crippen LogP contribution in [0.1, 0.15) is 44.9 Å². The highest BCUT2D eigenvalue weighted by atomic mass is 32.2. The van der Waals surface area contributed by atoms with Crippen molar-refractivity contribution in [1.82, 2.24) is 9.62 Å². The number of nitrogens with zero attached hydrogens (tertiary/aromatic N) is 1. The third-order valence-corrected chi connectivity index (χ3v) is 8.03. The molecule has 24 heavy (non-hydrogen) atoms. The summed E-state index contributed by atoms with van der Waals surface area (Å²) in [5.74, 6) is 0.791. The first-order valence-electron chi connectivity index (χ1n) is 9.51. The maximum absolute atomic E-state index is 11.9. The number of hydrogen-bond donors (Lipinski definition) is 1. The maximum atomic E-state index is 11.9. The number of ether oxygens (including phenoxy) is 2. The number of rotatable bonds is 6. The number of piperidine rings is 1. The van der Waals surface area contributed by atoms with E-state index >= 15 is 0 Å². The second kappa shape index (κ2) is 6.83. The molecule has 1 unspecified atom stereocenters. The van der Waals surface area contributed by atoms with Gasteiger partial charge in [-0.15, -0.1) is 0 Å². The third-order valence-electron chi connectivity index (χ3n) is 6.12. The number of hydrogen-bond acceptors (Lipinski definition) is 5. The van der Waals surface area contributed by atoms with Gasteiger partial charge >= 0.3 is 0 Å². The molecule has 4 fully saturated rings. The van der Waals surface area contributed by atoms with Crippen molar-refractivity contribution in [2.24, 2.45) is 5.92 Å². The van der Waals surface area contributed by atoms with Crippen LogP contribution in [0.2, 0.25) is 0 Å². The minimum Gasteiger partial charge on any atom is -0.381 e. The van der Waals surface area contributed by atoms with E-state index in [0.717, 1.165) is 64.3 Å². The molecule has 1 aliphatic carbocycles. The van der Waals surface area contributed by atoms with Gasteiger partial charge in [0.05, 0.1) is 17.0 Å². The lowest BCUT2D eigenvalue weighted by molar-refractivity contribution is -0.222. The van der Waals surface area contributed by atoms with Crippen LogP contribution < -0.4 is 4.72 Å². The van der Waals surface area contributed by atoms with Crippen LogP contribution in [0.15, 0.2) is 0 Å². The van der Waals surface area contributed by atoms with Gasteiger partial charge in [0.25, 0.3) is 0 Å². The van der Waals surface area contributed by atoms with Crippen molar-refractivity contribution in [1.29, 1.82) is 0 Å². The van der Waals surface area contributed by atoms with Gasteiger partial charge in [0.15, 0.2) is 0 Å². The van der Waals surface area contributed by atoms with Gasteiger partial charge in [-0.25, -0.2) is 13.1 Å². The molecular formula is C17H30N2O4S. The predicted molar refractivity (Wildman–Crippen MR) is 91.4 cm³/mol. The van der Waals surface area contributed by atoms with E-state index in [2.05, 4.69) is 9.62 Å². The zero-order valence-electron chi connectivity index (χ0n) is 14.4. The molecule has 0 aromatic heterocycles. The summed E-state index contributed by atoms with van der Waals surface area (Å²) in [4.78, 5) is 2.58. The number of nitrogens with one attached hydrogen (secondary N) is 1. The van der Waals surface area contributed by atoms with Crippen molar-refractivity contribution >= 4 is 10.0 Å². The standard InChI is InChI=1S/C17H30N2O4S/c20-24(21,16-1-2-16)18-12-15-11-17(23-15)5-7-19(8-6-17)13-14-3-9-22-10-4-14/h14-16,18H,1-13H2. The van der Waals surface area contributed by atoms with Gasteiger partial charge in [0.2, 0.25) is 10.0 Å². The van der Waals surface area contributed by atoms with E-state index in [1.54, 1.807) is 0 Å².